The van der Waals surface area contributed by atoms with Crippen molar-refractivity contribution in [1.29, 1.82) is 0 Å². The summed E-state index contributed by atoms with van der Waals surface area (Å²) in [7, 11) is 0. The molecule has 0 spiro atoms. The number of hydrogen-bond acceptors (Lipinski definition) is 3. The van der Waals surface area contributed by atoms with E-state index in [0.29, 0.717) is 11.4 Å². The van der Waals surface area contributed by atoms with Crippen molar-refractivity contribution in [2.45, 2.75) is 0 Å². The van der Waals surface area contributed by atoms with E-state index in [1.807, 2.05) is 12.1 Å². The number of thiocarbonyl (C=S) groups is 1. The van der Waals surface area contributed by atoms with E-state index in [4.69, 9.17) is 17.0 Å². The monoisotopic (exact) mass is 382 g/mol. The van der Waals surface area contributed by atoms with Crippen LogP contribution in [0, 0.1) is 5.82 Å². The third-order valence-electron chi connectivity index (χ3n) is 2.54. The van der Waals surface area contributed by atoms with Crippen LogP contribution in [0.2, 0.25) is 0 Å². The summed E-state index contributed by atoms with van der Waals surface area (Å²) in [6.45, 7) is -0.160. The Morgan fingerprint density at radius 3 is 2.41 bits per heavy atom. The fourth-order valence-electron chi connectivity index (χ4n) is 1.54. The van der Waals surface area contributed by atoms with Gasteiger partial charge < -0.3 is 10.1 Å². The van der Waals surface area contributed by atoms with Crippen LogP contribution in [-0.2, 0) is 4.79 Å². The summed E-state index contributed by atoms with van der Waals surface area (Å²) in [5.41, 5.74) is 0.584. The highest BCUT2D eigenvalue weighted by atomic mass is 79.9. The van der Waals surface area contributed by atoms with Crippen LogP contribution in [-0.4, -0.2) is 17.6 Å². The zero-order valence-corrected chi connectivity index (χ0v) is 13.7. The maximum atomic E-state index is 12.8. The Bertz CT molecular complexity index is 662. The Balaban J connectivity index is 1.77. The number of amides is 1. The molecule has 0 aliphatic heterocycles. The third-order valence-corrected chi connectivity index (χ3v) is 3.27. The van der Waals surface area contributed by atoms with Gasteiger partial charge in [0.25, 0.3) is 5.91 Å². The largest absolute Gasteiger partial charge is 0.484 e. The van der Waals surface area contributed by atoms with E-state index in [1.165, 1.54) is 24.3 Å². The van der Waals surface area contributed by atoms with Crippen molar-refractivity contribution in [2.75, 3.05) is 11.9 Å². The molecule has 0 radical (unpaired) electrons. The first-order valence-corrected chi connectivity index (χ1v) is 7.48. The number of benzene rings is 2. The molecule has 0 bridgehead atoms. The highest BCUT2D eigenvalue weighted by Gasteiger charge is 2.06. The van der Waals surface area contributed by atoms with E-state index in [2.05, 4.69) is 26.6 Å². The molecule has 114 valence electrons. The quantitative estimate of drug-likeness (QED) is 0.794. The maximum Gasteiger partial charge on any atom is 0.264 e. The predicted molar refractivity (Wildman–Crippen MR) is 90.4 cm³/mol. The number of nitrogens with one attached hydrogen (secondary N) is 2. The molecule has 0 heterocycles. The SMILES string of the molecule is O=C(COc1ccc(Br)cc1)NC(=S)Nc1ccc(F)cc1. The average Bonchev–Trinajstić information content (AvgIpc) is 2.49. The van der Waals surface area contributed by atoms with E-state index >= 15 is 0 Å². The van der Waals surface area contributed by atoms with Gasteiger partial charge in [-0.2, -0.15) is 0 Å². The van der Waals surface area contributed by atoms with Gasteiger partial charge in [-0.1, -0.05) is 15.9 Å². The van der Waals surface area contributed by atoms with Crippen molar-refractivity contribution < 1.29 is 13.9 Å². The van der Waals surface area contributed by atoms with Gasteiger partial charge in [-0.05, 0) is 60.7 Å². The molecule has 2 aromatic rings. The molecular weight excluding hydrogens is 371 g/mol. The third kappa shape index (κ3) is 5.42. The van der Waals surface area contributed by atoms with Crippen LogP contribution in [0.5, 0.6) is 5.75 Å². The molecule has 4 nitrogen and oxygen atoms in total. The van der Waals surface area contributed by atoms with E-state index in [-0.39, 0.29) is 23.4 Å². The summed E-state index contributed by atoms with van der Waals surface area (Å²) in [6.07, 6.45) is 0. The highest BCUT2D eigenvalue weighted by molar-refractivity contribution is 9.10. The van der Waals surface area contributed by atoms with Crippen molar-refractivity contribution >= 4 is 44.9 Å². The Hall–Kier alpha value is -1.99. The Labute approximate surface area is 140 Å². The normalized spacial score (nSPS) is 9.91. The van der Waals surface area contributed by atoms with E-state index in [9.17, 15) is 9.18 Å². The number of halogens is 2. The van der Waals surface area contributed by atoms with Crippen LogP contribution >= 0.6 is 28.1 Å². The van der Waals surface area contributed by atoms with Crippen LogP contribution in [0.15, 0.2) is 53.0 Å². The number of carbonyl (C=O) groups excluding carboxylic acids is 1. The van der Waals surface area contributed by atoms with Gasteiger partial charge in [-0.3, -0.25) is 10.1 Å². The fraction of sp³-hybridized carbons (Fsp3) is 0.0667. The molecule has 2 rings (SSSR count). The number of rotatable bonds is 4. The summed E-state index contributed by atoms with van der Waals surface area (Å²) in [6, 6.07) is 12.7. The van der Waals surface area contributed by atoms with Gasteiger partial charge in [0.15, 0.2) is 11.7 Å². The molecule has 0 aliphatic carbocycles. The van der Waals surface area contributed by atoms with Crippen molar-refractivity contribution in [1.82, 2.24) is 5.32 Å². The smallest absolute Gasteiger partial charge is 0.264 e. The molecule has 0 atom stereocenters. The Kier molecular flexibility index (Phi) is 5.85. The molecule has 0 saturated heterocycles. The summed E-state index contributed by atoms with van der Waals surface area (Å²) in [4.78, 5) is 11.7. The molecule has 0 saturated carbocycles. The predicted octanol–water partition coefficient (Wildman–Crippen LogP) is 3.48. The van der Waals surface area contributed by atoms with Gasteiger partial charge in [0.1, 0.15) is 11.6 Å². The van der Waals surface area contributed by atoms with Crippen molar-refractivity contribution in [3.63, 3.8) is 0 Å². The second kappa shape index (κ2) is 7.86. The molecule has 2 aromatic carbocycles. The lowest BCUT2D eigenvalue weighted by Crippen LogP contribution is -2.37. The first kappa shape index (κ1) is 16.4. The van der Waals surface area contributed by atoms with Crippen LogP contribution in [0.3, 0.4) is 0 Å². The number of ether oxygens (including phenoxy) is 1. The summed E-state index contributed by atoms with van der Waals surface area (Å²) < 4.78 is 19.0. The lowest BCUT2D eigenvalue weighted by molar-refractivity contribution is -0.121. The molecule has 22 heavy (non-hydrogen) atoms. The molecule has 7 heteroatoms. The minimum absolute atomic E-state index is 0.121. The zero-order valence-electron chi connectivity index (χ0n) is 11.3. The molecular formula is C15H12BrFN2O2S. The van der Waals surface area contributed by atoms with Crippen LogP contribution in [0.4, 0.5) is 10.1 Å². The Morgan fingerprint density at radius 2 is 1.77 bits per heavy atom. The summed E-state index contributed by atoms with van der Waals surface area (Å²) >= 11 is 8.31. The zero-order chi connectivity index (χ0) is 15.9. The van der Waals surface area contributed by atoms with Crippen LogP contribution in [0.1, 0.15) is 0 Å². The van der Waals surface area contributed by atoms with Crippen molar-refractivity contribution in [3.8, 4) is 5.75 Å². The van der Waals surface area contributed by atoms with E-state index < -0.39 is 0 Å². The number of hydrogen-bond donors (Lipinski definition) is 2. The van der Waals surface area contributed by atoms with Crippen LogP contribution < -0.4 is 15.4 Å². The standard InChI is InChI=1S/C15H12BrFN2O2S/c16-10-1-7-13(8-2-10)21-9-14(20)19-15(22)18-12-5-3-11(17)4-6-12/h1-8H,9H2,(H2,18,19,20,22). The fourth-order valence-corrected chi connectivity index (χ4v) is 2.03. The van der Waals surface area contributed by atoms with Gasteiger partial charge in [0, 0.05) is 10.2 Å². The van der Waals surface area contributed by atoms with E-state index in [1.54, 1.807) is 12.1 Å². The maximum absolute atomic E-state index is 12.8. The first-order chi connectivity index (χ1) is 10.5. The number of anilines is 1. The van der Waals surface area contributed by atoms with Crippen molar-refractivity contribution in [3.05, 3.63) is 58.8 Å². The Morgan fingerprint density at radius 1 is 1.14 bits per heavy atom. The van der Waals surface area contributed by atoms with Gasteiger partial charge in [0.2, 0.25) is 0 Å². The van der Waals surface area contributed by atoms with Crippen molar-refractivity contribution in [2.24, 2.45) is 0 Å². The molecule has 0 fully saturated rings. The topological polar surface area (TPSA) is 50.4 Å². The van der Waals surface area contributed by atoms with Gasteiger partial charge >= 0.3 is 0 Å². The minimum atomic E-state index is -0.387. The lowest BCUT2D eigenvalue weighted by Gasteiger charge is -2.10. The number of carbonyl (C=O) groups is 1. The van der Waals surface area contributed by atoms with E-state index in [0.717, 1.165) is 4.47 Å². The van der Waals surface area contributed by atoms with Gasteiger partial charge in [0.05, 0.1) is 0 Å². The summed E-state index contributed by atoms with van der Waals surface area (Å²) in [5.74, 6) is -0.151. The van der Waals surface area contributed by atoms with Gasteiger partial charge in [-0.25, -0.2) is 4.39 Å². The average molecular weight is 383 g/mol. The minimum Gasteiger partial charge on any atom is -0.484 e. The lowest BCUT2D eigenvalue weighted by atomic mass is 10.3. The summed E-state index contributed by atoms with van der Waals surface area (Å²) in [5, 5.41) is 5.38. The molecule has 1 amide bonds. The second-order valence-corrected chi connectivity index (χ2v) is 5.58. The molecule has 0 aromatic heterocycles. The van der Waals surface area contributed by atoms with Crippen LogP contribution in [0.25, 0.3) is 0 Å². The second-order valence-electron chi connectivity index (χ2n) is 4.25. The van der Waals surface area contributed by atoms with Gasteiger partial charge in [-0.15, -0.1) is 0 Å². The molecule has 0 aliphatic rings. The first-order valence-electron chi connectivity index (χ1n) is 6.28. The molecule has 0 unspecified atom stereocenters. The highest BCUT2D eigenvalue weighted by Crippen LogP contribution is 2.15. The molecule has 2 N–H and O–H groups in total.